The summed E-state index contributed by atoms with van der Waals surface area (Å²) in [5, 5.41) is 20.0. The van der Waals surface area contributed by atoms with Crippen molar-refractivity contribution in [1.29, 1.82) is 0 Å². The molecule has 0 aliphatic carbocycles. The van der Waals surface area contributed by atoms with Crippen LogP contribution in [0.15, 0.2) is 18.3 Å². The van der Waals surface area contributed by atoms with E-state index in [-0.39, 0.29) is 13.2 Å². The van der Waals surface area contributed by atoms with Crippen LogP contribution in [-0.4, -0.2) is 40.4 Å². The summed E-state index contributed by atoms with van der Waals surface area (Å²) in [4.78, 5) is 14.3. The van der Waals surface area contributed by atoms with E-state index in [1.165, 1.54) is 0 Å². The van der Waals surface area contributed by atoms with E-state index in [2.05, 4.69) is 10.3 Å². The number of H-pyrrole nitrogens is 1. The van der Waals surface area contributed by atoms with Crippen molar-refractivity contribution in [2.24, 2.45) is 0 Å². The number of hydrogen-bond acceptors (Lipinski definition) is 4. The minimum atomic E-state index is -0.660. The highest BCUT2D eigenvalue weighted by atomic mass is 32.1. The molecule has 0 aromatic carbocycles. The quantitative estimate of drug-likeness (QED) is 0.539. The van der Waals surface area contributed by atoms with Gasteiger partial charge < -0.3 is 20.5 Å². The van der Waals surface area contributed by atoms with Gasteiger partial charge in [-0.05, 0) is 12.1 Å². The fourth-order valence-electron chi connectivity index (χ4n) is 1.01. The molecule has 0 bridgehead atoms. The molecule has 15 heavy (non-hydrogen) atoms. The number of aliphatic hydroxyl groups is 2. The van der Waals surface area contributed by atoms with Crippen LogP contribution >= 0.6 is 12.2 Å². The number of nitrogens with one attached hydrogen (secondary N) is 2. The molecule has 5 nitrogen and oxygen atoms in total. The first-order valence-electron chi connectivity index (χ1n) is 4.39. The number of rotatable bonds is 4. The van der Waals surface area contributed by atoms with Gasteiger partial charge in [0.2, 0.25) is 0 Å². The Hall–Kier alpha value is -1.24. The molecule has 1 aromatic heterocycles. The molecule has 1 amide bonds. The monoisotopic (exact) mass is 228 g/mol. The Labute approximate surface area is 91.8 Å². The fourth-order valence-corrected chi connectivity index (χ4v) is 1.24. The number of aromatic amines is 1. The maximum absolute atomic E-state index is 11.6. The number of aromatic nitrogens is 1. The van der Waals surface area contributed by atoms with Crippen molar-refractivity contribution in [3.63, 3.8) is 0 Å². The summed E-state index contributed by atoms with van der Waals surface area (Å²) in [6.45, 7) is -0.628. The van der Waals surface area contributed by atoms with Crippen molar-refractivity contribution < 1.29 is 15.0 Å². The Morgan fingerprint density at radius 1 is 1.53 bits per heavy atom. The van der Waals surface area contributed by atoms with Crippen molar-refractivity contribution in [3.05, 3.63) is 28.5 Å². The van der Waals surface area contributed by atoms with Crippen molar-refractivity contribution >= 4 is 18.1 Å². The molecule has 0 spiro atoms. The maximum atomic E-state index is 11.6. The van der Waals surface area contributed by atoms with Crippen LogP contribution in [0.1, 0.15) is 10.4 Å². The highest BCUT2D eigenvalue weighted by Crippen LogP contribution is 1.99. The predicted octanol–water partition coefficient (Wildman–Crippen LogP) is -0.173. The van der Waals surface area contributed by atoms with E-state index in [4.69, 9.17) is 22.4 Å². The Morgan fingerprint density at radius 2 is 2.20 bits per heavy atom. The molecular weight excluding hydrogens is 216 g/mol. The van der Waals surface area contributed by atoms with Gasteiger partial charge in [-0.2, -0.15) is 0 Å². The molecular formula is C9H12N2O3S. The Balaban J connectivity index is 2.78. The van der Waals surface area contributed by atoms with Gasteiger partial charge in [0.1, 0.15) is 4.64 Å². The van der Waals surface area contributed by atoms with Crippen LogP contribution in [0.4, 0.5) is 0 Å². The van der Waals surface area contributed by atoms with Gasteiger partial charge in [-0.25, -0.2) is 0 Å². The zero-order valence-corrected chi connectivity index (χ0v) is 8.75. The van der Waals surface area contributed by atoms with Gasteiger partial charge in [-0.15, -0.1) is 0 Å². The summed E-state index contributed by atoms with van der Waals surface area (Å²) in [7, 11) is 0. The number of carbonyl (C=O) groups is 1. The Bertz CT molecular complexity index is 387. The first-order valence-corrected chi connectivity index (χ1v) is 4.80. The van der Waals surface area contributed by atoms with Gasteiger partial charge in [0.15, 0.2) is 0 Å². The van der Waals surface area contributed by atoms with Crippen molar-refractivity contribution in [2.45, 2.75) is 6.04 Å². The van der Waals surface area contributed by atoms with Gasteiger partial charge in [0.05, 0.1) is 24.8 Å². The number of amides is 1. The van der Waals surface area contributed by atoms with E-state index in [9.17, 15) is 4.79 Å². The number of aliphatic hydroxyl groups excluding tert-OH is 2. The summed E-state index contributed by atoms with van der Waals surface area (Å²) in [6.07, 6.45) is 1.62. The summed E-state index contributed by atoms with van der Waals surface area (Å²) in [5.74, 6) is -0.412. The summed E-state index contributed by atoms with van der Waals surface area (Å²) >= 11 is 4.91. The number of pyridine rings is 1. The third kappa shape index (κ3) is 3.12. The molecule has 0 unspecified atom stereocenters. The van der Waals surface area contributed by atoms with E-state index in [0.717, 1.165) is 0 Å². The van der Waals surface area contributed by atoms with Crippen molar-refractivity contribution in [1.82, 2.24) is 10.3 Å². The molecule has 0 aliphatic rings. The van der Waals surface area contributed by atoms with Crippen LogP contribution in [0.2, 0.25) is 0 Å². The standard InChI is InChI=1S/C9H12N2O3S/c12-4-6(5-13)11-8(14)7-2-1-3-10-9(7)15/h1-3,6,12-13H,4-5H2,(H,10,15)(H,11,14). The SMILES string of the molecule is O=C(NC(CO)CO)c1ccc[nH]c1=S. The van der Waals surface area contributed by atoms with Gasteiger partial charge in [0.25, 0.3) is 5.91 Å². The van der Waals surface area contributed by atoms with E-state index in [1.54, 1.807) is 18.3 Å². The van der Waals surface area contributed by atoms with Gasteiger partial charge in [-0.3, -0.25) is 4.79 Å². The number of hydrogen-bond donors (Lipinski definition) is 4. The zero-order chi connectivity index (χ0) is 11.3. The lowest BCUT2D eigenvalue weighted by Crippen LogP contribution is -2.40. The Kier molecular flexibility index (Phi) is 4.41. The average molecular weight is 228 g/mol. The second-order valence-electron chi connectivity index (χ2n) is 2.95. The van der Waals surface area contributed by atoms with Crippen LogP contribution in [0.25, 0.3) is 0 Å². The molecule has 0 radical (unpaired) electrons. The highest BCUT2D eigenvalue weighted by molar-refractivity contribution is 7.71. The predicted molar refractivity (Wildman–Crippen MR) is 57.1 cm³/mol. The lowest BCUT2D eigenvalue weighted by atomic mass is 10.2. The minimum absolute atomic E-state index is 0.314. The summed E-state index contributed by atoms with van der Waals surface area (Å²) in [6, 6.07) is 2.56. The zero-order valence-electron chi connectivity index (χ0n) is 7.93. The second kappa shape index (κ2) is 5.59. The molecule has 6 heteroatoms. The van der Waals surface area contributed by atoms with Crippen LogP contribution < -0.4 is 5.32 Å². The summed E-state index contributed by atoms with van der Waals surface area (Å²) < 4.78 is 0.324. The molecule has 0 aliphatic heterocycles. The van der Waals surface area contributed by atoms with E-state index in [0.29, 0.717) is 10.2 Å². The lowest BCUT2D eigenvalue weighted by Gasteiger charge is -2.12. The summed E-state index contributed by atoms with van der Waals surface area (Å²) in [5.41, 5.74) is 0.319. The van der Waals surface area contributed by atoms with Gasteiger partial charge in [-0.1, -0.05) is 12.2 Å². The molecule has 0 atom stereocenters. The lowest BCUT2D eigenvalue weighted by molar-refractivity contribution is 0.0878. The third-order valence-electron chi connectivity index (χ3n) is 1.84. The van der Waals surface area contributed by atoms with E-state index < -0.39 is 11.9 Å². The molecule has 0 fully saturated rings. The topological polar surface area (TPSA) is 85.3 Å². The molecule has 1 heterocycles. The number of carbonyl (C=O) groups excluding carboxylic acids is 1. The van der Waals surface area contributed by atoms with Crippen LogP contribution in [0, 0.1) is 4.64 Å². The minimum Gasteiger partial charge on any atom is -0.394 e. The first-order chi connectivity index (χ1) is 7.19. The third-order valence-corrected chi connectivity index (χ3v) is 2.18. The fraction of sp³-hybridized carbons (Fsp3) is 0.333. The van der Waals surface area contributed by atoms with Crippen LogP contribution in [0.5, 0.6) is 0 Å². The maximum Gasteiger partial charge on any atom is 0.254 e. The van der Waals surface area contributed by atoms with Crippen LogP contribution in [0.3, 0.4) is 0 Å². The molecule has 1 rings (SSSR count). The molecule has 4 N–H and O–H groups in total. The first kappa shape index (κ1) is 11.8. The molecule has 1 aromatic rings. The van der Waals surface area contributed by atoms with Crippen molar-refractivity contribution in [2.75, 3.05) is 13.2 Å². The Morgan fingerprint density at radius 3 is 2.73 bits per heavy atom. The molecule has 0 saturated heterocycles. The van der Waals surface area contributed by atoms with Crippen molar-refractivity contribution in [3.8, 4) is 0 Å². The van der Waals surface area contributed by atoms with Gasteiger partial charge >= 0.3 is 0 Å². The average Bonchev–Trinajstić information content (AvgIpc) is 2.26. The van der Waals surface area contributed by atoms with E-state index in [1.807, 2.05) is 0 Å². The van der Waals surface area contributed by atoms with Gasteiger partial charge in [0, 0.05) is 6.20 Å². The van der Waals surface area contributed by atoms with E-state index >= 15 is 0 Å². The molecule has 82 valence electrons. The largest absolute Gasteiger partial charge is 0.394 e. The second-order valence-corrected chi connectivity index (χ2v) is 3.36. The normalized spacial score (nSPS) is 10.3. The van der Waals surface area contributed by atoms with Crippen LogP contribution in [-0.2, 0) is 0 Å². The molecule has 0 saturated carbocycles. The smallest absolute Gasteiger partial charge is 0.254 e. The highest BCUT2D eigenvalue weighted by Gasteiger charge is 2.12.